The number of esters is 1. The number of nitrogens with one attached hydrogen (secondary N) is 1. The number of carbonyl (C=O) groups is 3. The number of likely N-dealkylation sites (tertiary alicyclic amines) is 1. The van der Waals surface area contributed by atoms with Crippen molar-refractivity contribution in [2.45, 2.75) is 25.9 Å². The Labute approximate surface area is 182 Å². The molecule has 1 atom stereocenters. The van der Waals surface area contributed by atoms with Gasteiger partial charge in [-0.05, 0) is 42.2 Å². The van der Waals surface area contributed by atoms with Crippen molar-refractivity contribution in [3.8, 4) is 0 Å². The predicted molar refractivity (Wildman–Crippen MR) is 116 cm³/mol. The van der Waals surface area contributed by atoms with E-state index >= 15 is 0 Å². The average molecular weight is 421 g/mol. The predicted octanol–water partition coefficient (Wildman–Crippen LogP) is 2.58. The molecule has 1 fully saturated rings. The lowest BCUT2D eigenvalue weighted by Gasteiger charge is -2.31. The normalized spacial score (nSPS) is 16.1. The fourth-order valence-electron chi connectivity index (χ4n) is 3.38. The van der Waals surface area contributed by atoms with Crippen LogP contribution in [0.1, 0.15) is 30.4 Å². The zero-order valence-electron chi connectivity index (χ0n) is 17.4. The Morgan fingerprint density at radius 3 is 2.68 bits per heavy atom. The maximum Gasteiger partial charge on any atom is 0.307 e. The molecule has 1 aromatic carbocycles. The third kappa shape index (κ3) is 7.37. The summed E-state index contributed by atoms with van der Waals surface area (Å²) in [7, 11) is 0. The van der Waals surface area contributed by atoms with Crippen molar-refractivity contribution in [1.82, 2.24) is 15.2 Å². The van der Waals surface area contributed by atoms with Crippen LogP contribution >= 0.6 is 0 Å². The van der Waals surface area contributed by atoms with E-state index in [0.717, 1.165) is 24.0 Å². The number of amides is 2. The molecular weight excluding hydrogens is 394 g/mol. The molecule has 0 saturated carbocycles. The van der Waals surface area contributed by atoms with Crippen molar-refractivity contribution in [3.05, 3.63) is 72.1 Å². The molecule has 162 valence electrons. The molecule has 2 aromatic rings. The lowest BCUT2D eigenvalue weighted by atomic mass is 9.97. The lowest BCUT2D eigenvalue weighted by Crippen LogP contribution is -2.45. The molecule has 0 radical (unpaired) electrons. The monoisotopic (exact) mass is 421 g/mol. The average Bonchev–Trinajstić information content (AvgIpc) is 2.82. The Balaban J connectivity index is 1.38. The minimum Gasteiger partial charge on any atom is -0.461 e. The number of ether oxygens (including phenoxy) is 1. The first-order chi connectivity index (χ1) is 15.1. The number of piperidine rings is 1. The summed E-state index contributed by atoms with van der Waals surface area (Å²) in [5, 5.41) is 2.80. The standard InChI is InChI=1S/C24H27N3O4/c28-22(9-8-19-10-13-25-14-11-19)27-16-4-7-21(17-27)24(30)26-15-12-23(29)31-18-20-5-2-1-3-6-20/h1-3,5-6,8-11,13-14,21H,4,7,12,15-18H2,(H,26,30)/b9-8+. The third-order valence-corrected chi connectivity index (χ3v) is 5.10. The van der Waals surface area contributed by atoms with Gasteiger partial charge < -0.3 is 15.0 Å². The summed E-state index contributed by atoms with van der Waals surface area (Å²) in [6.07, 6.45) is 8.22. The van der Waals surface area contributed by atoms with Gasteiger partial charge in [0.25, 0.3) is 0 Å². The van der Waals surface area contributed by atoms with Crippen LogP contribution < -0.4 is 5.32 Å². The van der Waals surface area contributed by atoms with Crippen molar-refractivity contribution in [1.29, 1.82) is 0 Å². The van der Waals surface area contributed by atoms with E-state index in [0.29, 0.717) is 13.1 Å². The summed E-state index contributed by atoms with van der Waals surface area (Å²) in [6.45, 7) is 1.46. The highest BCUT2D eigenvalue weighted by Gasteiger charge is 2.27. The lowest BCUT2D eigenvalue weighted by molar-refractivity contribution is -0.144. The van der Waals surface area contributed by atoms with Gasteiger partial charge in [-0.3, -0.25) is 19.4 Å². The van der Waals surface area contributed by atoms with Crippen LogP contribution in [0.25, 0.3) is 6.08 Å². The minimum absolute atomic E-state index is 0.112. The topological polar surface area (TPSA) is 88.6 Å². The molecule has 1 aromatic heterocycles. The molecule has 2 amide bonds. The largest absolute Gasteiger partial charge is 0.461 e. The number of aromatic nitrogens is 1. The Bertz CT molecular complexity index is 900. The van der Waals surface area contributed by atoms with Crippen LogP contribution in [0.4, 0.5) is 0 Å². The van der Waals surface area contributed by atoms with E-state index in [1.54, 1.807) is 23.4 Å². The van der Waals surface area contributed by atoms with Crippen molar-refractivity contribution in [3.63, 3.8) is 0 Å². The number of benzene rings is 1. The number of rotatable bonds is 8. The van der Waals surface area contributed by atoms with Crippen molar-refractivity contribution in [2.75, 3.05) is 19.6 Å². The van der Waals surface area contributed by atoms with Crippen LogP contribution in [0.5, 0.6) is 0 Å². The minimum atomic E-state index is -0.356. The third-order valence-electron chi connectivity index (χ3n) is 5.10. The molecular formula is C24H27N3O4. The zero-order chi connectivity index (χ0) is 21.9. The van der Waals surface area contributed by atoms with Crippen molar-refractivity contribution < 1.29 is 19.1 Å². The fourth-order valence-corrected chi connectivity index (χ4v) is 3.38. The molecule has 31 heavy (non-hydrogen) atoms. The van der Waals surface area contributed by atoms with Crippen molar-refractivity contribution in [2.24, 2.45) is 5.92 Å². The second kappa shape index (κ2) is 11.6. The Kier molecular flexibility index (Phi) is 8.34. The summed E-state index contributed by atoms with van der Waals surface area (Å²) < 4.78 is 5.21. The molecule has 1 N–H and O–H groups in total. The Hall–Kier alpha value is -3.48. The molecule has 1 saturated heterocycles. The first kappa shape index (κ1) is 22.2. The van der Waals surface area contributed by atoms with Crippen LogP contribution in [-0.4, -0.2) is 47.3 Å². The molecule has 1 unspecified atom stereocenters. The highest BCUT2D eigenvalue weighted by Crippen LogP contribution is 2.17. The summed E-state index contributed by atoms with van der Waals surface area (Å²) in [4.78, 5) is 42.5. The van der Waals surface area contributed by atoms with Crippen LogP contribution in [-0.2, 0) is 25.7 Å². The Morgan fingerprint density at radius 1 is 1.13 bits per heavy atom. The molecule has 0 bridgehead atoms. The van der Waals surface area contributed by atoms with E-state index in [-0.39, 0.29) is 43.3 Å². The first-order valence-electron chi connectivity index (χ1n) is 10.5. The summed E-state index contributed by atoms with van der Waals surface area (Å²) in [5.41, 5.74) is 1.82. The van der Waals surface area contributed by atoms with E-state index in [4.69, 9.17) is 4.74 Å². The van der Waals surface area contributed by atoms with Crippen molar-refractivity contribution >= 4 is 23.9 Å². The van der Waals surface area contributed by atoms with Gasteiger partial charge in [0, 0.05) is 38.1 Å². The van der Waals surface area contributed by atoms with Gasteiger partial charge in [-0.2, -0.15) is 0 Å². The highest BCUT2D eigenvalue weighted by molar-refractivity contribution is 5.92. The van der Waals surface area contributed by atoms with Gasteiger partial charge in [0.05, 0.1) is 12.3 Å². The van der Waals surface area contributed by atoms with Gasteiger partial charge in [-0.1, -0.05) is 30.3 Å². The zero-order valence-corrected chi connectivity index (χ0v) is 17.4. The van der Waals surface area contributed by atoms with E-state index in [1.807, 2.05) is 42.5 Å². The molecule has 1 aliphatic rings. The van der Waals surface area contributed by atoms with E-state index in [9.17, 15) is 14.4 Å². The van der Waals surface area contributed by atoms with Gasteiger partial charge >= 0.3 is 5.97 Å². The maximum atomic E-state index is 12.5. The fraction of sp³-hybridized carbons (Fsp3) is 0.333. The van der Waals surface area contributed by atoms with Gasteiger partial charge in [-0.15, -0.1) is 0 Å². The molecule has 7 heteroatoms. The Morgan fingerprint density at radius 2 is 1.90 bits per heavy atom. The van der Waals surface area contributed by atoms with Crippen LogP contribution in [0.15, 0.2) is 60.9 Å². The van der Waals surface area contributed by atoms with E-state index in [1.165, 1.54) is 6.08 Å². The maximum absolute atomic E-state index is 12.5. The van der Waals surface area contributed by atoms with Gasteiger partial charge in [-0.25, -0.2) is 0 Å². The first-order valence-corrected chi connectivity index (χ1v) is 10.5. The molecule has 2 heterocycles. The van der Waals surface area contributed by atoms with E-state index in [2.05, 4.69) is 10.3 Å². The van der Waals surface area contributed by atoms with Gasteiger partial charge in [0.1, 0.15) is 6.61 Å². The number of pyridine rings is 1. The van der Waals surface area contributed by atoms with Gasteiger partial charge in [0.15, 0.2) is 0 Å². The quantitative estimate of drug-likeness (QED) is 0.523. The number of hydrogen-bond acceptors (Lipinski definition) is 5. The molecule has 0 spiro atoms. The van der Waals surface area contributed by atoms with Crippen LogP contribution in [0.3, 0.4) is 0 Å². The summed E-state index contributed by atoms with van der Waals surface area (Å²) >= 11 is 0. The van der Waals surface area contributed by atoms with Crippen LogP contribution in [0.2, 0.25) is 0 Å². The second-order valence-corrected chi connectivity index (χ2v) is 7.42. The summed E-state index contributed by atoms with van der Waals surface area (Å²) in [6, 6.07) is 13.1. The molecule has 1 aliphatic heterocycles. The SMILES string of the molecule is O=C(CCNC(=O)C1CCCN(C(=O)/C=C/c2ccncc2)C1)OCc1ccccc1. The molecule has 7 nitrogen and oxygen atoms in total. The second-order valence-electron chi connectivity index (χ2n) is 7.42. The van der Waals surface area contributed by atoms with Gasteiger partial charge in [0.2, 0.25) is 11.8 Å². The van der Waals surface area contributed by atoms with E-state index < -0.39 is 0 Å². The highest BCUT2D eigenvalue weighted by atomic mass is 16.5. The summed E-state index contributed by atoms with van der Waals surface area (Å²) in [5.74, 6) is -0.872. The molecule has 0 aliphatic carbocycles. The number of nitrogens with zero attached hydrogens (tertiary/aromatic N) is 2. The number of carbonyl (C=O) groups excluding carboxylic acids is 3. The smallest absolute Gasteiger partial charge is 0.307 e. The molecule has 3 rings (SSSR count). The number of hydrogen-bond donors (Lipinski definition) is 1. The van der Waals surface area contributed by atoms with Crippen LogP contribution in [0, 0.1) is 5.92 Å².